The van der Waals surface area contributed by atoms with E-state index in [0.29, 0.717) is 0 Å². The van der Waals surface area contributed by atoms with E-state index in [1.165, 1.54) is 49.7 Å². The zero-order chi connectivity index (χ0) is 17.9. The Hall–Kier alpha value is -0.680. The van der Waals surface area contributed by atoms with Crippen LogP contribution in [0.4, 0.5) is 0 Å². The average Bonchev–Trinajstić information content (AvgIpc) is 2.60. The molecule has 0 aromatic rings. The third-order valence-electron chi connectivity index (χ3n) is 4.29. The van der Waals surface area contributed by atoms with Crippen LogP contribution in [-0.4, -0.2) is 53.4 Å². The first-order valence-corrected chi connectivity index (χ1v) is 9.77. The highest BCUT2D eigenvalue weighted by Crippen LogP contribution is 2.04. The van der Waals surface area contributed by atoms with Crippen LogP contribution in [0.15, 0.2) is 23.3 Å². The minimum Gasteiger partial charge on any atom is -0.316 e. The second kappa shape index (κ2) is 18.7. The molecule has 0 radical (unpaired) electrons. The van der Waals surface area contributed by atoms with Gasteiger partial charge in [0, 0.05) is 26.2 Å². The van der Waals surface area contributed by atoms with Crippen LogP contribution >= 0.6 is 0 Å². The summed E-state index contributed by atoms with van der Waals surface area (Å²) in [5, 5.41) is 13.5. The molecule has 0 amide bonds. The second-order valence-corrected chi connectivity index (χ2v) is 6.43. The van der Waals surface area contributed by atoms with Crippen molar-refractivity contribution in [2.75, 3.05) is 53.4 Å². The van der Waals surface area contributed by atoms with Crippen LogP contribution < -0.4 is 21.3 Å². The molecular weight excluding hydrogens is 296 g/mol. The first-order chi connectivity index (χ1) is 11.8. The number of hydrogen-bond acceptors (Lipinski definition) is 4. The molecule has 0 rings (SSSR count). The molecule has 4 N–H and O–H groups in total. The summed E-state index contributed by atoms with van der Waals surface area (Å²) in [6.07, 6.45) is 12.4. The minimum atomic E-state index is 0.988. The van der Waals surface area contributed by atoms with Crippen LogP contribution in [0.1, 0.15) is 52.4 Å². The number of unbranched alkanes of at least 4 members (excludes halogenated alkanes) is 5. The summed E-state index contributed by atoms with van der Waals surface area (Å²) < 4.78 is 0. The Morgan fingerprint density at radius 2 is 0.958 bits per heavy atom. The molecule has 0 aliphatic carbocycles. The van der Waals surface area contributed by atoms with Crippen LogP contribution in [0, 0.1) is 0 Å². The van der Waals surface area contributed by atoms with E-state index in [0.717, 1.165) is 39.3 Å². The zero-order valence-electron chi connectivity index (χ0n) is 16.6. The standard InChI is InChI=1S/C20H42N4/c1-5-19(15-21-3)17-23-13-11-9-7-8-10-12-14-24-18-20(6-2)16-22-4/h5-6,21-24H,7-18H2,1-4H3/b19-5+,20-6+. The molecule has 4 nitrogen and oxygen atoms in total. The first kappa shape index (κ1) is 23.3. The summed E-state index contributed by atoms with van der Waals surface area (Å²) >= 11 is 0. The molecule has 0 aliphatic heterocycles. The van der Waals surface area contributed by atoms with Gasteiger partial charge in [-0.3, -0.25) is 0 Å². The van der Waals surface area contributed by atoms with Gasteiger partial charge < -0.3 is 21.3 Å². The van der Waals surface area contributed by atoms with Crippen molar-refractivity contribution in [2.45, 2.75) is 52.4 Å². The van der Waals surface area contributed by atoms with Crippen LogP contribution in [-0.2, 0) is 0 Å². The maximum absolute atomic E-state index is 3.54. The maximum atomic E-state index is 3.54. The van der Waals surface area contributed by atoms with Gasteiger partial charge in [-0.2, -0.15) is 0 Å². The lowest BCUT2D eigenvalue weighted by Crippen LogP contribution is -2.23. The number of likely N-dealkylation sites (N-methyl/N-ethyl adjacent to an activating group) is 2. The maximum Gasteiger partial charge on any atom is 0.0177 e. The minimum absolute atomic E-state index is 0.988. The quantitative estimate of drug-likeness (QED) is 0.243. The molecule has 0 heterocycles. The third kappa shape index (κ3) is 14.9. The predicted molar refractivity (Wildman–Crippen MR) is 109 cm³/mol. The first-order valence-electron chi connectivity index (χ1n) is 9.77. The van der Waals surface area contributed by atoms with Crippen LogP contribution in [0.25, 0.3) is 0 Å². The molecule has 0 fully saturated rings. The molecule has 0 bridgehead atoms. The van der Waals surface area contributed by atoms with Crippen LogP contribution in [0.2, 0.25) is 0 Å². The van der Waals surface area contributed by atoms with Crippen molar-refractivity contribution < 1.29 is 0 Å². The van der Waals surface area contributed by atoms with Crippen molar-refractivity contribution in [1.82, 2.24) is 21.3 Å². The van der Waals surface area contributed by atoms with Gasteiger partial charge in [0.1, 0.15) is 0 Å². The van der Waals surface area contributed by atoms with Crippen molar-refractivity contribution in [3.05, 3.63) is 23.3 Å². The van der Waals surface area contributed by atoms with Crippen molar-refractivity contribution in [3.63, 3.8) is 0 Å². The Labute approximate surface area is 150 Å². The van der Waals surface area contributed by atoms with E-state index in [-0.39, 0.29) is 0 Å². The van der Waals surface area contributed by atoms with E-state index in [1.807, 2.05) is 14.1 Å². The third-order valence-corrected chi connectivity index (χ3v) is 4.29. The topological polar surface area (TPSA) is 48.1 Å². The van der Waals surface area contributed by atoms with E-state index in [2.05, 4.69) is 47.3 Å². The number of nitrogens with one attached hydrogen (secondary N) is 4. The lowest BCUT2D eigenvalue weighted by atomic mass is 10.1. The Morgan fingerprint density at radius 3 is 1.29 bits per heavy atom. The van der Waals surface area contributed by atoms with Gasteiger partial charge in [0.2, 0.25) is 0 Å². The highest BCUT2D eigenvalue weighted by atomic mass is 14.9. The number of allylic oxidation sites excluding steroid dienone is 2. The van der Waals surface area contributed by atoms with Gasteiger partial charge in [-0.15, -0.1) is 0 Å². The van der Waals surface area contributed by atoms with Crippen molar-refractivity contribution >= 4 is 0 Å². The van der Waals surface area contributed by atoms with Gasteiger partial charge in [0.15, 0.2) is 0 Å². The lowest BCUT2D eigenvalue weighted by molar-refractivity contribution is 0.558. The molecule has 0 saturated heterocycles. The molecule has 0 aliphatic rings. The second-order valence-electron chi connectivity index (χ2n) is 6.43. The summed E-state index contributed by atoms with van der Waals surface area (Å²) in [5.41, 5.74) is 2.89. The van der Waals surface area contributed by atoms with Gasteiger partial charge in [0.05, 0.1) is 0 Å². The Balaban J connectivity index is 3.28. The summed E-state index contributed by atoms with van der Waals surface area (Å²) in [4.78, 5) is 0. The number of rotatable bonds is 17. The van der Waals surface area contributed by atoms with Gasteiger partial charge in [0.25, 0.3) is 0 Å². The SMILES string of the molecule is C/C=C(\CNC)CNCCCCCCCCNC/C(=C/C)CNC. The van der Waals surface area contributed by atoms with E-state index in [4.69, 9.17) is 0 Å². The molecule has 4 heteroatoms. The molecule has 0 spiro atoms. The molecule has 0 atom stereocenters. The van der Waals surface area contributed by atoms with Crippen molar-refractivity contribution in [3.8, 4) is 0 Å². The molecule has 24 heavy (non-hydrogen) atoms. The largest absolute Gasteiger partial charge is 0.316 e. The smallest absolute Gasteiger partial charge is 0.0177 e. The molecule has 0 unspecified atom stereocenters. The van der Waals surface area contributed by atoms with E-state index in [9.17, 15) is 0 Å². The van der Waals surface area contributed by atoms with Crippen LogP contribution in [0.5, 0.6) is 0 Å². The van der Waals surface area contributed by atoms with E-state index in [1.54, 1.807) is 0 Å². The fourth-order valence-electron chi connectivity index (χ4n) is 2.69. The molecule has 142 valence electrons. The summed E-state index contributed by atoms with van der Waals surface area (Å²) in [6.45, 7) is 10.5. The summed E-state index contributed by atoms with van der Waals surface area (Å²) in [5.74, 6) is 0. The fourth-order valence-corrected chi connectivity index (χ4v) is 2.69. The summed E-state index contributed by atoms with van der Waals surface area (Å²) in [6, 6.07) is 0. The molecular formula is C20H42N4. The zero-order valence-corrected chi connectivity index (χ0v) is 16.6. The Morgan fingerprint density at radius 1 is 0.583 bits per heavy atom. The van der Waals surface area contributed by atoms with Crippen molar-refractivity contribution in [1.29, 1.82) is 0 Å². The fraction of sp³-hybridized carbons (Fsp3) is 0.800. The Kier molecular flexibility index (Phi) is 18.1. The van der Waals surface area contributed by atoms with Gasteiger partial charge in [-0.05, 0) is 65.0 Å². The highest BCUT2D eigenvalue weighted by Gasteiger charge is 1.96. The molecule has 0 aromatic heterocycles. The van der Waals surface area contributed by atoms with E-state index < -0.39 is 0 Å². The molecule has 0 aromatic carbocycles. The lowest BCUT2D eigenvalue weighted by Gasteiger charge is -2.09. The van der Waals surface area contributed by atoms with Gasteiger partial charge in [-0.1, -0.05) is 37.8 Å². The summed E-state index contributed by atoms with van der Waals surface area (Å²) in [7, 11) is 4.00. The average molecular weight is 339 g/mol. The normalized spacial score (nSPS) is 12.8. The van der Waals surface area contributed by atoms with Crippen LogP contribution in [0.3, 0.4) is 0 Å². The number of hydrogen-bond donors (Lipinski definition) is 4. The monoisotopic (exact) mass is 338 g/mol. The van der Waals surface area contributed by atoms with Gasteiger partial charge in [-0.25, -0.2) is 0 Å². The van der Waals surface area contributed by atoms with Crippen molar-refractivity contribution in [2.24, 2.45) is 0 Å². The Bertz CT molecular complexity index is 292. The van der Waals surface area contributed by atoms with E-state index >= 15 is 0 Å². The predicted octanol–water partition coefficient (Wildman–Crippen LogP) is 2.84. The highest BCUT2D eigenvalue weighted by molar-refractivity contribution is 5.04. The molecule has 0 saturated carbocycles. The van der Waals surface area contributed by atoms with Gasteiger partial charge >= 0.3 is 0 Å².